The Labute approximate surface area is 130 Å². The van der Waals surface area contributed by atoms with Crippen molar-refractivity contribution in [1.82, 2.24) is 9.62 Å². The fourth-order valence-corrected chi connectivity index (χ4v) is 4.13. The summed E-state index contributed by atoms with van der Waals surface area (Å²) in [5, 5.41) is 1.77. The monoisotopic (exact) mass is 324 g/mol. The summed E-state index contributed by atoms with van der Waals surface area (Å²) in [6.07, 6.45) is 0.806. The minimum Gasteiger partial charge on any atom is -0.305 e. The second kappa shape index (κ2) is 7.17. The van der Waals surface area contributed by atoms with Crippen molar-refractivity contribution in [2.75, 3.05) is 20.6 Å². The lowest BCUT2D eigenvalue weighted by Gasteiger charge is -2.24. The summed E-state index contributed by atoms with van der Waals surface area (Å²) >= 11 is 1.23. The van der Waals surface area contributed by atoms with Crippen molar-refractivity contribution in [3.05, 3.63) is 53.4 Å². The van der Waals surface area contributed by atoms with Gasteiger partial charge in [0.2, 0.25) is 10.0 Å². The Balaban J connectivity index is 2.01. The molecule has 114 valence electrons. The SMILES string of the molecule is CN(C)C(CNS(=O)(=O)c1cccs1)Cc1ccccc1. The molecule has 0 amide bonds. The molecule has 0 saturated carbocycles. The van der Waals surface area contributed by atoms with Crippen LogP contribution in [0.5, 0.6) is 0 Å². The second-order valence-corrected chi connectivity index (χ2v) is 8.03. The Hall–Kier alpha value is -1.21. The van der Waals surface area contributed by atoms with Crippen LogP contribution in [-0.4, -0.2) is 40.0 Å². The molecule has 6 heteroatoms. The number of hydrogen-bond acceptors (Lipinski definition) is 4. The van der Waals surface area contributed by atoms with Crippen LogP contribution in [-0.2, 0) is 16.4 Å². The molecule has 1 aromatic heterocycles. The fourth-order valence-electron chi connectivity index (χ4n) is 2.02. The van der Waals surface area contributed by atoms with Crippen LogP contribution in [0, 0.1) is 0 Å². The van der Waals surface area contributed by atoms with Crippen LogP contribution in [0.3, 0.4) is 0 Å². The highest BCUT2D eigenvalue weighted by atomic mass is 32.2. The molecule has 21 heavy (non-hydrogen) atoms. The molecular formula is C15H20N2O2S2. The van der Waals surface area contributed by atoms with Crippen molar-refractivity contribution in [2.45, 2.75) is 16.7 Å². The van der Waals surface area contributed by atoms with Crippen LogP contribution in [0.1, 0.15) is 5.56 Å². The molecule has 0 fully saturated rings. The predicted molar refractivity (Wildman–Crippen MR) is 87.1 cm³/mol. The minimum absolute atomic E-state index is 0.113. The van der Waals surface area contributed by atoms with Gasteiger partial charge in [0.15, 0.2) is 0 Å². The van der Waals surface area contributed by atoms with Crippen molar-refractivity contribution in [1.29, 1.82) is 0 Å². The van der Waals surface area contributed by atoms with Crippen LogP contribution in [0.4, 0.5) is 0 Å². The van der Waals surface area contributed by atoms with Crippen molar-refractivity contribution in [2.24, 2.45) is 0 Å². The number of likely N-dealkylation sites (N-methyl/N-ethyl adjacent to an activating group) is 1. The van der Waals surface area contributed by atoms with E-state index in [9.17, 15) is 8.42 Å². The summed E-state index contributed by atoms with van der Waals surface area (Å²) in [5.41, 5.74) is 1.20. The second-order valence-electron chi connectivity index (χ2n) is 5.09. The van der Waals surface area contributed by atoms with Crippen molar-refractivity contribution < 1.29 is 8.42 Å². The van der Waals surface area contributed by atoms with Gasteiger partial charge in [-0.1, -0.05) is 36.4 Å². The third-order valence-corrected chi connectivity index (χ3v) is 6.13. The van der Waals surface area contributed by atoms with E-state index in [4.69, 9.17) is 0 Å². The summed E-state index contributed by atoms with van der Waals surface area (Å²) in [6, 6.07) is 13.6. The average Bonchev–Trinajstić information content (AvgIpc) is 2.99. The molecule has 0 aliphatic rings. The molecule has 0 aliphatic heterocycles. The normalized spacial score (nSPS) is 13.5. The van der Waals surface area contributed by atoms with Crippen LogP contribution >= 0.6 is 11.3 Å². The van der Waals surface area contributed by atoms with E-state index in [1.54, 1.807) is 17.5 Å². The number of benzene rings is 1. The molecule has 1 heterocycles. The van der Waals surface area contributed by atoms with Crippen LogP contribution in [0.25, 0.3) is 0 Å². The molecule has 4 nitrogen and oxygen atoms in total. The largest absolute Gasteiger partial charge is 0.305 e. The van der Waals surface area contributed by atoms with Gasteiger partial charge in [0.25, 0.3) is 0 Å². The van der Waals surface area contributed by atoms with Crippen LogP contribution < -0.4 is 4.72 Å². The van der Waals surface area contributed by atoms with Gasteiger partial charge in [0.05, 0.1) is 0 Å². The van der Waals surface area contributed by atoms with Gasteiger partial charge in [-0.15, -0.1) is 11.3 Å². The van der Waals surface area contributed by atoms with E-state index in [-0.39, 0.29) is 6.04 Å². The summed E-state index contributed by atoms with van der Waals surface area (Å²) in [7, 11) is 0.535. The third-order valence-electron chi connectivity index (χ3n) is 3.31. The van der Waals surface area contributed by atoms with E-state index < -0.39 is 10.0 Å². The molecule has 0 saturated heterocycles. The maximum absolute atomic E-state index is 12.2. The molecule has 1 aromatic carbocycles. The van der Waals surface area contributed by atoms with E-state index in [1.165, 1.54) is 16.9 Å². The van der Waals surface area contributed by atoms with E-state index in [0.717, 1.165) is 6.42 Å². The molecule has 0 bridgehead atoms. The van der Waals surface area contributed by atoms with Crippen molar-refractivity contribution >= 4 is 21.4 Å². The highest BCUT2D eigenvalue weighted by Gasteiger charge is 2.19. The van der Waals surface area contributed by atoms with Crippen molar-refractivity contribution in [3.63, 3.8) is 0 Å². The Morgan fingerprint density at radius 1 is 1.14 bits per heavy atom. The Morgan fingerprint density at radius 3 is 2.43 bits per heavy atom. The number of hydrogen-bond donors (Lipinski definition) is 1. The lowest BCUT2D eigenvalue weighted by atomic mass is 10.1. The van der Waals surface area contributed by atoms with Gasteiger partial charge in [-0.3, -0.25) is 0 Å². The Kier molecular flexibility index (Phi) is 5.52. The van der Waals surface area contributed by atoms with E-state index in [0.29, 0.717) is 10.8 Å². The topological polar surface area (TPSA) is 49.4 Å². The molecule has 0 aliphatic carbocycles. The first kappa shape index (κ1) is 16.2. The lowest BCUT2D eigenvalue weighted by molar-refractivity contribution is 0.291. The number of nitrogens with one attached hydrogen (secondary N) is 1. The first-order chi connectivity index (χ1) is 9.99. The van der Waals surface area contributed by atoms with Gasteiger partial charge in [-0.25, -0.2) is 13.1 Å². The molecule has 2 rings (SSSR count). The molecule has 1 atom stereocenters. The van der Waals surface area contributed by atoms with E-state index in [2.05, 4.69) is 16.9 Å². The quantitative estimate of drug-likeness (QED) is 0.849. The van der Waals surface area contributed by atoms with E-state index in [1.807, 2.05) is 37.2 Å². The molecule has 1 unspecified atom stereocenters. The average molecular weight is 324 g/mol. The van der Waals surface area contributed by atoms with Crippen molar-refractivity contribution in [3.8, 4) is 0 Å². The van der Waals surface area contributed by atoms with Gasteiger partial charge in [-0.2, -0.15) is 0 Å². The summed E-state index contributed by atoms with van der Waals surface area (Å²) in [6.45, 7) is 0.391. The standard InChI is InChI=1S/C15H20N2O2S2/c1-17(2)14(11-13-7-4-3-5-8-13)12-16-21(18,19)15-9-6-10-20-15/h3-10,14,16H,11-12H2,1-2H3. The zero-order valence-corrected chi connectivity index (χ0v) is 13.8. The lowest BCUT2D eigenvalue weighted by Crippen LogP contribution is -2.41. The zero-order valence-electron chi connectivity index (χ0n) is 12.2. The maximum Gasteiger partial charge on any atom is 0.250 e. The molecular weight excluding hydrogens is 304 g/mol. The smallest absolute Gasteiger partial charge is 0.250 e. The highest BCUT2D eigenvalue weighted by molar-refractivity contribution is 7.91. The van der Waals surface area contributed by atoms with Gasteiger partial charge in [0, 0.05) is 12.6 Å². The summed E-state index contributed by atoms with van der Waals surface area (Å²) in [5.74, 6) is 0. The molecule has 2 aromatic rings. The maximum atomic E-state index is 12.2. The Morgan fingerprint density at radius 2 is 1.86 bits per heavy atom. The molecule has 1 N–H and O–H groups in total. The number of thiophene rings is 1. The minimum atomic E-state index is -3.40. The third kappa shape index (κ3) is 4.64. The van der Waals surface area contributed by atoms with E-state index >= 15 is 0 Å². The zero-order chi connectivity index (χ0) is 15.3. The highest BCUT2D eigenvalue weighted by Crippen LogP contribution is 2.15. The predicted octanol–water partition coefficient (Wildman–Crippen LogP) is 2.20. The van der Waals surface area contributed by atoms with Crippen LogP contribution in [0.2, 0.25) is 0 Å². The van der Waals surface area contributed by atoms with Gasteiger partial charge in [-0.05, 0) is 37.5 Å². The Bertz CT molecular complexity index is 638. The summed E-state index contributed by atoms with van der Waals surface area (Å²) in [4.78, 5) is 2.05. The van der Waals surface area contributed by atoms with Gasteiger partial charge >= 0.3 is 0 Å². The first-order valence-corrected chi connectivity index (χ1v) is 9.09. The molecule has 0 radical (unpaired) electrons. The molecule has 0 spiro atoms. The number of sulfonamides is 1. The number of rotatable bonds is 7. The summed E-state index contributed by atoms with van der Waals surface area (Å²) < 4.78 is 27.4. The fraction of sp³-hybridized carbons (Fsp3) is 0.333. The number of nitrogens with zero attached hydrogens (tertiary/aromatic N) is 1. The van der Waals surface area contributed by atoms with Gasteiger partial charge < -0.3 is 4.90 Å². The van der Waals surface area contributed by atoms with Crippen LogP contribution in [0.15, 0.2) is 52.1 Å². The van der Waals surface area contributed by atoms with Gasteiger partial charge in [0.1, 0.15) is 4.21 Å². The first-order valence-electron chi connectivity index (χ1n) is 6.72.